The maximum atomic E-state index is 10.8. The van der Waals surface area contributed by atoms with Gasteiger partial charge in [-0.15, -0.1) is 0 Å². The first-order valence-corrected chi connectivity index (χ1v) is 4.50. The molecule has 0 saturated carbocycles. The minimum Gasteiger partial charge on any atom is -0.258 e. The summed E-state index contributed by atoms with van der Waals surface area (Å²) in [5.74, 6) is 0. The van der Waals surface area contributed by atoms with E-state index in [4.69, 9.17) is 11.6 Å². The van der Waals surface area contributed by atoms with Crippen LogP contribution in [-0.4, -0.2) is 14.7 Å². The zero-order valence-electron chi connectivity index (χ0n) is 8.54. The van der Waals surface area contributed by atoms with Crippen LogP contribution in [0.4, 0.5) is 5.69 Å². The number of nitrogens with zero attached hydrogens (tertiary/aromatic N) is 3. The van der Waals surface area contributed by atoms with Gasteiger partial charge in [0.05, 0.1) is 4.92 Å². The molecule has 0 amide bonds. The molecule has 1 heterocycles. The number of rotatable bonds is 1. The summed E-state index contributed by atoms with van der Waals surface area (Å²) in [5.41, 5.74) is -0.0653. The average Bonchev–Trinajstić information content (AvgIpc) is 2.27. The summed E-state index contributed by atoms with van der Waals surface area (Å²) in [5, 5.41) is 14.9. The van der Waals surface area contributed by atoms with Crippen molar-refractivity contribution < 1.29 is 4.92 Å². The summed E-state index contributed by atoms with van der Waals surface area (Å²) in [4.78, 5) is 10.3. The first-order valence-electron chi connectivity index (χ1n) is 4.12. The number of halogens is 1. The van der Waals surface area contributed by atoms with Crippen molar-refractivity contribution in [3.63, 3.8) is 0 Å². The fraction of sp³-hybridized carbons (Fsp3) is 0.625. The van der Waals surface area contributed by atoms with Gasteiger partial charge in [-0.1, -0.05) is 32.4 Å². The van der Waals surface area contributed by atoms with Gasteiger partial charge in [0.25, 0.3) is 0 Å². The molecule has 0 spiro atoms. The van der Waals surface area contributed by atoms with Crippen LogP contribution in [0.3, 0.4) is 0 Å². The normalized spacial score (nSPS) is 11.8. The molecule has 1 aromatic rings. The largest absolute Gasteiger partial charge is 0.329 e. The Morgan fingerprint density at radius 1 is 1.50 bits per heavy atom. The fourth-order valence-corrected chi connectivity index (χ4v) is 1.36. The predicted molar refractivity (Wildman–Crippen MR) is 53.6 cm³/mol. The molecule has 6 heteroatoms. The number of nitro groups is 1. The Hall–Kier alpha value is -1.10. The number of aryl methyl sites for hydroxylation is 1. The summed E-state index contributed by atoms with van der Waals surface area (Å²) < 4.78 is 1.32. The fourth-order valence-electron chi connectivity index (χ4n) is 1.16. The molecule has 0 atom stereocenters. The van der Waals surface area contributed by atoms with Crippen LogP contribution in [-0.2, 0) is 12.5 Å². The van der Waals surface area contributed by atoms with Crippen LogP contribution in [0.5, 0.6) is 0 Å². The summed E-state index contributed by atoms with van der Waals surface area (Å²) in [6.45, 7) is 5.58. The monoisotopic (exact) mass is 217 g/mol. The van der Waals surface area contributed by atoms with Crippen molar-refractivity contribution in [1.29, 1.82) is 0 Å². The van der Waals surface area contributed by atoms with Gasteiger partial charge in [0.2, 0.25) is 5.15 Å². The van der Waals surface area contributed by atoms with E-state index in [1.807, 2.05) is 20.8 Å². The molecular weight excluding hydrogens is 206 g/mol. The van der Waals surface area contributed by atoms with Crippen molar-refractivity contribution in [1.82, 2.24) is 9.78 Å². The van der Waals surface area contributed by atoms with E-state index >= 15 is 0 Å². The van der Waals surface area contributed by atoms with Gasteiger partial charge in [0, 0.05) is 12.5 Å². The second kappa shape index (κ2) is 3.24. The summed E-state index contributed by atoms with van der Waals surface area (Å²) in [6.07, 6.45) is 0. The van der Waals surface area contributed by atoms with Crippen molar-refractivity contribution in [3.05, 3.63) is 21.0 Å². The van der Waals surface area contributed by atoms with E-state index in [2.05, 4.69) is 5.10 Å². The van der Waals surface area contributed by atoms with Crippen molar-refractivity contribution in [2.75, 3.05) is 0 Å². The van der Waals surface area contributed by atoms with E-state index in [1.54, 1.807) is 7.05 Å². The minimum absolute atomic E-state index is 0.0694. The number of aromatic nitrogens is 2. The van der Waals surface area contributed by atoms with Gasteiger partial charge in [0.1, 0.15) is 5.69 Å². The van der Waals surface area contributed by atoms with Crippen molar-refractivity contribution in [3.8, 4) is 0 Å². The van der Waals surface area contributed by atoms with Gasteiger partial charge in [0.15, 0.2) is 0 Å². The van der Waals surface area contributed by atoms with Gasteiger partial charge < -0.3 is 0 Å². The van der Waals surface area contributed by atoms with E-state index in [9.17, 15) is 10.1 Å². The Balaban J connectivity index is 3.45. The minimum atomic E-state index is -0.490. The van der Waals surface area contributed by atoms with Crippen LogP contribution >= 0.6 is 11.6 Å². The first kappa shape index (κ1) is 11.0. The molecule has 1 aromatic heterocycles. The second-order valence-corrected chi connectivity index (χ2v) is 4.48. The highest BCUT2D eigenvalue weighted by atomic mass is 35.5. The standard InChI is InChI=1S/C8H12ClN3O2/c1-8(2,3)6-5(12(13)14)7(9)11(4)10-6/h1-4H3. The number of hydrogen-bond acceptors (Lipinski definition) is 3. The molecule has 0 aromatic carbocycles. The molecular formula is C8H12ClN3O2. The highest BCUT2D eigenvalue weighted by Gasteiger charge is 2.32. The predicted octanol–water partition coefficient (Wildman–Crippen LogP) is 2.28. The van der Waals surface area contributed by atoms with Crippen LogP contribution < -0.4 is 0 Å². The topological polar surface area (TPSA) is 61.0 Å². The van der Waals surface area contributed by atoms with Crippen LogP contribution in [0.15, 0.2) is 0 Å². The Morgan fingerprint density at radius 2 is 2.00 bits per heavy atom. The third kappa shape index (κ3) is 1.72. The Bertz CT molecular complexity index is 379. The molecule has 0 bridgehead atoms. The molecule has 0 aliphatic rings. The SMILES string of the molecule is Cn1nc(C(C)(C)C)c([N+](=O)[O-])c1Cl. The van der Waals surface area contributed by atoms with Crippen molar-refractivity contribution in [2.45, 2.75) is 26.2 Å². The maximum absolute atomic E-state index is 10.8. The summed E-state index contributed by atoms with van der Waals surface area (Å²) >= 11 is 5.77. The Kier molecular flexibility index (Phi) is 2.54. The maximum Gasteiger partial charge on any atom is 0.329 e. The smallest absolute Gasteiger partial charge is 0.258 e. The van der Waals surface area contributed by atoms with Gasteiger partial charge in [-0.05, 0) is 0 Å². The van der Waals surface area contributed by atoms with E-state index in [0.717, 1.165) is 0 Å². The summed E-state index contributed by atoms with van der Waals surface area (Å²) in [7, 11) is 1.59. The van der Waals surface area contributed by atoms with Gasteiger partial charge in [-0.2, -0.15) is 5.10 Å². The van der Waals surface area contributed by atoms with Crippen molar-refractivity contribution in [2.24, 2.45) is 7.05 Å². The van der Waals surface area contributed by atoms with Gasteiger partial charge >= 0.3 is 5.69 Å². The third-order valence-electron chi connectivity index (χ3n) is 1.85. The molecule has 14 heavy (non-hydrogen) atoms. The number of hydrogen-bond donors (Lipinski definition) is 0. The lowest BCUT2D eigenvalue weighted by Gasteiger charge is -2.13. The lowest BCUT2D eigenvalue weighted by Crippen LogP contribution is -2.14. The van der Waals surface area contributed by atoms with E-state index in [1.165, 1.54) is 4.68 Å². The molecule has 0 saturated heterocycles. The summed E-state index contributed by atoms with van der Waals surface area (Å²) in [6, 6.07) is 0. The quantitative estimate of drug-likeness (QED) is 0.536. The third-order valence-corrected chi connectivity index (χ3v) is 2.27. The van der Waals surface area contributed by atoms with Crippen LogP contribution in [0.2, 0.25) is 5.15 Å². The molecule has 5 nitrogen and oxygen atoms in total. The lowest BCUT2D eigenvalue weighted by molar-refractivity contribution is -0.385. The zero-order valence-corrected chi connectivity index (χ0v) is 9.29. The van der Waals surface area contributed by atoms with Gasteiger partial charge in [-0.25, -0.2) is 0 Å². The van der Waals surface area contributed by atoms with Gasteiger partial charge in [-0.3, -0.25) is 14.8 Å². The van der Waals surface area contributed by atoms with Crippen LogP contribution in [0.25, 0.3) is 0 Å². The van der Waals surface area contributed by atoms with Crippen LogP contribution in [0, 0.1) is 10.1 Å². The Morgan fingerprint density at radius 3 is 2.29 bits per heavy atom. The molecule has 0 unspecified atom stereocenters. The molecule has 0 N–H and O–H groups in total. The van der Waals surface area contributed by atoms with E-state index in [0.29, 0.717) is 5.69 Å². The van der Waals surface area contributed by atoms with Crippen LogP contribution in [0.1, 0.15) is 26.5 Å². The lowest BCUT2D eigenvalue weighted by atomic mass is 9.91. The first-order chi connectivity index (χ1) is 6.25. The molecule has 78 valence electrons. The molecule has 0 aliphatic carbocycles. The Labute approximate surface area is 86.8 Å². The molecule has 0 radical (unpaired) electrons. The highest BCUT2D eigenvalue weighted by molar-refractivity contribution is 6.31. The second-order valence-electron chi connectivity index (χ2n) is 4.12. The highest BCUT2D eigenvalue weighted by Crippen LogP contribution is 2.35. The van der Waals surface area contributed by atoms with E-state index in [-0.39, 0.29) is 16.3 Å². The molecule has 0 aliphatic heterocycles. The van der Waals surface area contributed by atoms with E-state index < -0.39 is 4.92 Å². The van der Waals surface area contributed by atoms with Crippen molar-refractivity contribution >= 4 is 17.3 Å². The average molecular weight is 218 g/mol. The molecule has 0 fully saturated rings. The molecule has 1 rings (SSSR count). The zero-order chi connectivity index (χ0) is 11.1.